The summed E-state index contributed by atoms with van der Waals surface area (Å²) in [6.45, 7) is 2.18. The summed E-state index contributed by atoms with van der Waals surface area (Å²) >= 11 is -2.18. The zero-order valence-electron chi connectivity index (χ0n) is 16.8. The minimum Gasteiger partial charge on any atom is -0.377 e. The van der Waals surface area contributed by atoms with Crippen molar-refractivity contribution < 1.29 is 8.76 Å². The summed E-state index contributed by atoms with van der Waals surface area (Å²) in [6.07, 6.45) is 4.26. The molecule has 0 amide bonds. The quantitative estimate of drug-likeness (QED) is 0.380. The van der Waals surface area contributed by atoms with E-state index in [1.165, 1.54) is 0 Å². The van der Waals surface area contributed by atoms with Crippen LogP contribution in [0.5, 0.6) is 0 Å². The van der Waals surface area contributed by atoms with Gasteiger partial charge in [-0.2, -0.15) is 0 Å². The van der Waals surface area contributed by atoms with Gasteiger partial charge in [0.05, 0.1) is 11.4 Å². The molecule has 3 rings (SSSR count). The van der Waals surface area contributed by atoms with Crippen molar-refractivity contribution in [2.75, 3.05) is 23.3 Å². The second-order valence-electron chi connectivity index (χ2n) is 7.15. The molecule has 0 aliphatic heterocycles. The molecular formula is C23H28N2O2S. The summed E-state index contributed by atoms with van der Waals surface area (Å²) in [5.41, 5.74) is 3.71. The number of anilines is 3. The van der Waals surface area contributed by atoms with Crippen LogP contribution in [0.25, 0.3) is 10.8 Å². The van der Waals surface area contributed by atoms with Crippen molar-refractivity contribution in [2.45, 2.75) is 32.6 Å². The summed E-state index contributed by atoms with van der Waals surface area (Å²) in [7, 11) is 4.01. The Bertz CT molecular complexity index is 972. The van der Waals surface area contributed by atoms with E-state index in [1.807, 2.05) is 56.6 Å². The van der Waals surface area contributed by atoms with E-state index in [0.717, 1.165) is 59.1 Å². The largest absolute Gasteiger partial charge is 0.377 e. The van der Waals surface area contributed by atoms with Gasteiger partial charge in [0.15, 0.2) is 0 Å². The van der Waals surface area contributed by atoms with Gasteiger partial charge in [-0.15, -0.1) is 0 Å². The van der Waals surface area contributed by atoms with Crippen LogP contribution in [-0.4, -0.2) is 22.9 Å². The Morgan fingerprint density at radius 1 is 0.821 bits per heavy atom. The molecule has 0 saturated carbocycles. The van der Waals surface area contributed by atoms with Gasteiger partial charge in [0.25, 0.3) is 11.3 Å². The molecule has 148 valence electrons. The van der Waals surface area contributed by atoms with Crippen molar-refractivity contribution in [2.24, 2.45) is 0 Å². The topological polar surface area (TPSA) is 43.8 Å². The van der Waals surface area contributed by atoms with E-state index < -0.39 is 11.3 Å². The van der Waals surface area contributed by atoms with Crippen molar-refractivity contribution in [1.82, 2.24) is 0 Å². The van der Waals surface area contributed by atoms with Gasteiger partial charge < -0.3 is 4.90 Å². The molecule has 1 unspecified atom stereocenters. The summed E-state index contributed by atoms with van der Waals surface area (Å²) in [5.74, 6) is 0. The SMILES string of the molecule is CCCCCc1ccccc1N(c1cccc2c(N(C)C)cccc12)S(=O)O. The number of para-hydroxylation sites is 1. The van der Waals surface area contributed by atoms with Crippen molar-refractivity contribution >= 4 is 39.1 Å². The fourth-order valence-electron chi connectivity index (χ4n) is 3.63. The maximum absolute atomic E-state index is 12.5. The van der Waals surface area contributed by atoms with E-state index in [0.29, 0.717) is 0 Å². The van der Waals surface area contributed by atoms with Crippen molar-refractivity contribution in [3.8, 4) is 0 Å². The molecule has 0 aromatic heterocycles. The van der Waals surface area contributed by atoms with E-state index in [9.17, 15) is 8.76 Å². The van der Waals surface area contributed by atoms with Crippen molar-refractivity contribution in [3.63, 3.8) is 0 Å². The van der Waals surface area contributed by atoms with Gasteiger partial charge in [0.2, 0.25) is 0 Å². The number of hydrogen-bond donors (Lipinski definition) is 1. The van der Waals surface area contributed by atoms with Gasteiger partial charge in [-0.3, -0.25) is 4.55 Å². The Balaban J connectivity index is 2.15. The van der Waals surface area contributed by atoms with Crippen molar-refractivity contribution in [1.29, 1.82) is 0 Å². The second-order valence-corrected chi connectivity index (χ2v) is 7.98. The van der Waals surface area contributed by atoms with Gasteiger partial charge in [-0.25, -0.2) is 8.51 Å². The molecule has 3 aromatic carbocycles. The first-order valence-electron chi connectivity index (χ1n) is 9.72. The summed E-state index contributed by atoms with van der Waals surface area (Å²) in [4.78, 5) is 2.06. The van der Waals surface area contributed by atoms with Crippen LogP contribution in [0.4, 0.5) is 17.1 Å². The van der Waals surface area contributed by atoms with E-state index in [-0.39, 0.29) is 0 Å². The van der Waals surface area contributed by atoms with Crippen LogP contribution in [0.15, 0.2) is 60.7 Å². The minimum atomic E-state index is -2.18. The molecule has 28 heavy (non-hydrogen) atoms. The number of rotatable bonds is 8. The molecule has 4 nitrogen and oxygen atoms in total. The standard InChI is InChI=1S/C23H28N2O2S/c1-4-5-6-11-18-12-7-8-15-21(18)25(28(26)27)23-17-10-13-19-20(23)14-9-16-22(19)24(2)3/h7-10,12-17H,4-6,11H2,1-3H3,(H,26,27). The first-order chi connectivity index (χ1) is 13.5. The maximum atomic E-state index is 12.5. The Labute approximate surface area is 170 Å². The number of unbranched alkanes of at least 4 members (excludes halogenated alkanes) is 2. The summed E-state index contributed by atoms with van der Waals surface area (Å²) < 4.78 is 24.3. The summed E-state index contributed by atoms with van der Waals surface area (Å²) in [6, 6.07) is 19.9. The molecule has 3 aromatic rings. The van der Waals surface area contributed by atoms with E-state index in [4.69, 9.17) is 0 Å². The Hall–Kier alpha value is -2.37. The number of nitrogens with zero attached hydrogens (tertiary/aromatic N) is 2. The molecule has 0 radical (unpaired) electrons. The number of hydrogen-bond acceptors (Lipinski definition) is 2. The summed E-state index contributed by atoms with van der Waals surface area (Å²) in [5, 5.41) is 2.02. The average molecular weight is 397 g/mol. The third-order valence-electron chi connectivity index (χ3n) is 4.99. The highest BCUT2D eigenvalue weighted by Gasteiger charge is 2.21. The van der Waals surface area contributed by atoms with Crippen LogP contribution in [0.3, 0.4) is 0 Å². The molecular weight excluding hydrogens is 368 g/mol. The molecule has 5 heteroatoms. The molecule has 0 saturated heterocycles. The third-order valence-corrected chi connectivity index (χ3v) is 5.70. The highest BCUT2D eigenvalue weighted by atomic mass is 32.2. The number of aryl methyl sites for hydroxylation is 1. The zero-order chi connectivity index (χ0) is 20.1. The van der Waals surface area contributed by atoms with Crippen molar-refractivity contribution in [3.05, 3.63) is 66.2 Å². The zero-order valence-corrected chi connectivity index (χ0v) is 17.6. The van der Waals surface area contributed by atoms with Crippen LogP contribution in [0.1, 0.15) is 31.7 Å². The minimum absolute atomic E-state index is 0.741. The molecule has 0 aliphatic rings. The van der Waals surface area contributed by atoms with Gasteiger partial charge in [-0.1, -0.05) is 62.2 Å². The number of fused-ring (bicyclic) bond motifs is 1. The maximum Gasteiger partial charge on any atom is 0.266 e. The van der Waals surface area contributed by atoms with Gasteiger partial charge in [0, 0.05) is 30.6 Å². The van der Waals surface area contributed by atoms with Crippen LogP contribution >= 0.6 is 0 Å². The lowest BCUT2D eigenvalue weighted by atomic mass is 10.0. The predicted molar refractivity (Wildman–Crippen MR) is 121 cm³/mol. The first-order valence-corrected chi connectivity index (χ1v) is 10.8. The molecule has 0 aliphatic carbocycles. The molecule has 1 N–H and O–H groups in total. The van der Waals surface area contributed by atoms with Crippen LogP contribution in [0, 0.1) is 0 Å². The highest BCUT2D eigenvalue weighted by molar-refractivity contribution is 7.81. The average Bonchev–Trinajstić information content (AvgIpc) is 2.69. The lowest BCUT2D eigenvalue weighted by molar-refractivity contribution is 0.564. The van der Waals surface area contributed by atoms with E-state index in [2.05, 4.69) is 30.0 Å². The third kappa shape index (κ3) is 4.21. The first kappa shape index (κ1) is 20.4. The Morgan fingerprint density at radius 2 is 1.43 bits per heavy atom. The van der Waals surface area contributed by atoms with Gasteiger partial charge in [-0.05, 0) is 36.6 Å². The predicted octanol–water partition coefficient (Wildman–Crippen LogP) is 5.91. The molecule has 0 fully saturated rings. The fourth-order valence-corrected chi connectivity index (χ4v) is 4.30. The lowest BCUT2D eigenvalue weighted by Crippen LogP contribution is -2.21. The molecule has 0 bridgehead atoms. The second kappa shape index (κ2) is 9.22. The monoisotopic (exact) mass is 396 g/mol. The Morgan fingerprint density at radius 3 is 2.07 bits per heavy atom. The van der Waals surface area contributed by atoms with Crippen LogP contribution in [-0.2, 0) is 17.7 Å². The van der Waals surface area contributed by atoms with Gasteiger partial charge in [0.1, 0.15) is 0 Å². The van der Waals surface area contributed by atoms with E-state index in [1.54, 1.807) is 4.31 Å². The smallest absolute Gasteiger partial charge is 0.266 e. The number of benzene rings is 3. The molecule has 1 atom stereocenters. The van der Waals surface area contributed by atoms with Crippen LogP contribution < -0.4 is 9.21 Å². The van der Waals surface area contributed by atoms with Gasteiger partial charge >= 0.3 is 0 Å². The van der Waals surface area contributed by atoms with Crippen LogP contribution in [0.2, 0.25) is 0 Å². The normalized spacial score (nSPS) is 12.1. The molecule has 0 spiro atoms. The highest BCUT2D eigenvalue weighted by Crippen LogP contribution is 2.38. The molecule has 0 heterocycles. The lowest BCUT2D eigenvalue weighted by Gasteiger charge is -2.25. The van der Waals surface area contributed by atoms with E-state index >= 15 is 0 Å². The Kier molecular flexibility index (Phi) is 6.70. The fraction of sp³-hybridized carbons (Fsp3) is 0.304.